The van der Waals surface area contributed by atoms with Crippen molar-refractivity contribution in [3.63, 3.8) is 0 Å². The average molecular weight is 190 g/mol. The molecule has 0 aliphatic heterocycles. The summed E-state index contributed by atoms with van der Waals surface area (Å²) in [6, 6.07) is 3.44. The molecular formula is C8H6N4O2. The summed E-state index contributed by atoms with van der Waals surface area (Å²) in [5.41, 5.74) is 0.718. The van der Waals surface area contributed by atoms with Gasteiger partial charge in [-0.2, -0.15) is 5.10 Å². The second kappa shape index (κ2) is 3.25. The first-order chi connectivity index (χ1) is 6.77. The smallest absolute Gasteiger partial charge is 0.265 e. The van der Waals surface area contributed by atoms with Crippen molar-refractivity contribution in [3.05, 3.63) is 47.0 Å². The number of aromatic nitrogens is 3. The van der Waals surface area contributed by atoms with Gasteiger partial charge in [0.2, 0.25) is 0 Å². The van der Waals surface area contributed by atoms with Gasteiger partial charge in [0, 0.05) is 12.4 Å². The van der Waals surface area contributed by atoms with Gasteiger partial charge in [-0.1, -0.05) is 0 Å². The van der Waals surface area contributed by atoms with Crippen molar-refractivity contribution in [1.29, 1.82) is 0 Å². The minimum Gasteiger partial charge on any atom is -0.265 e. The molecule has 2 rings (SSSR count). The van der Waals surface area contributed by atoms with Crippen LogP contribution in [0.5, 0.6) is 0 Å². The van der Waals surface area contributed by atoms with Gasteiger partial charge in [-0.3, -0.25) is 15.1 Å². The summed E-state index contributed by atoms with van der Waals surface area (Å²) >= 11 is 0. The van der Waals surface area contributed by atoms with Crippen molar-refractivity contribution in [3.8, 4) is 5.69 Å². The second-order valence-electron chi connectivity index (χ2n) is 2.61. The maximum atomic E-state index is 10.4. The van der Waals surface area contributed by atoms with Crippen LogP contribution in [0.15, 0.2) is 36.9 Å². The van der Waals surface area contributed by atoms with E-state index in [9.17, 15) is 10.1 Å². The molecule has 2 aromatic heterocycles. The molecule has 0 bridgehead atoms. The van der Waals surface area contributed by atoms with Crippen LogP contribution in [0.1, 0.15) is 0 Å². The van der Waals surface area contributed by atoms with Gasteiger partial charge >= 0.3 is 5.69 Å². The molecule has 6 heteroatoms. The molecule has 0 saturated heterocycles. The largest absolute Gasteiger partial charge is 0.307 e. The Balaban J connectivity index is 2.39. The number of rotatable bonds is 2. The van der Waals surface area contributed by atoms with Crippen molar-refractivity contribution in [2.45, 2.75) is 0 Å². The standard InChI is InChI=1S/C8H6N4O2/c13-12(14)8-5-10-11(6-8)7-1-3-9-4-2-7/h1-6H. The lowest BCUT2D eigenvalue weighted by molar-refractivity contribution is -0.384. The molecule has 0 atom stereocenters. The van der Waals surface area contributed by atoms with Crippen molar-refractivity contribution in [2.75, 3.05) is 0 Å². The van der Waals surface area contributed by atoms with Crippen LogP contribution in [0.2, 0.25) is 0 Å². The van der Waals surface area contributed by atoms with E-state index in [1.807, 2.05) is 0 Å². The highest BCUT2D eigenvalue weighted by Crippen LogP contribution is 2.12. The van der Waals surface area contributed by atoms with Crippen LogP contribution < -0.4 is 0 Å². The fraction of sp³-hybridized carbons (Fsp3) is 0. The quantitative estimate of drug-likeness (QED) is 0.526. The lowest BCUT2D eigenvalue weighted by Gasteiger charge is -1.96. The molecule has 0 saturated carbocycles. The highest BCUT2D eigenvalue weighted by atomic mass is 16.6. The van der Waals surface area contributed by atoms with Gasteiger partial charge in [0.25, 0.3) is 0 Å². The van der Waals surface area contributed by atoms with Crippen molar-refractivity contribution < 1.29 is 4.92 Å². The number of pyridine rings is 1. The summed E-state index contributed by atoms with van der Waals surface area (Å²) in [7, 11) is 0. The molecule has 0 amide bonds. The Kier molecular flexibility index (Phi) is 1.94. The molecule has 0 fully saturated rings. The van der Waals surface area contributed by atoms with Gasteiger partial charge in [-0.15, -0.1) is 0 Å². The van der Waals surface area contributed by atoms with E-state index < -0.39 is 4.92 Å². The minimum absolute atomic E-state index is 0.0261. The zero-order chi connectivity index (χ0) is 9.97. The first kappa shape index (κ1) is 8.36. The average Bonchev–Trinajstić information content (AvgIpc) is 2.68. The number of nitro groups is 1. The molecule has 0 spiro atoms. The third-order valence-electron chi connectivity index (χ3n) is 1.71. The lowest BCUT2D eigenvalue weighted by atomic mass is 10.4. The zero-order valence-corrected chi connectivity index (χ0v) is 7.07. The molecule has 70 valence electrons. The fourth-order valence-corrected chi connectivity index (χ4v) is 1.05. The van der Waals surface area contributed by atoms with Crippen LogP contribution in [-0.4, -0.2) is 19.7 Å². The predicted molar refractivity (Wildman–Crippen MR) is 48.0 cm³/mol. The van der Waals surface area contributed by atoms with E-state index in [1.54, 1.807) is 24.5 Å². The molecule has 0 unspecified atom stereocenters. The lowest BCUT2D eigenvalue weighted by Crippen LogP contribution is -1.93. The summed E-state index contributed by atoms with van der Waals surface area (Å²) in [5.74, 6) is 0. The summed E-state index contributed by atoms with van der Waals surface area (Å²) in [5, 5.41) is 14.2. The van der Waals surface area contributed by atoms with Crippen LogP contribution in [0, 0.1) is 10.1 Å². The van der Waals surface area contributed by atoms with Crippen LogP contribution in [0.4, 0.5) is 5.69 Å². The summed E-state index contributed by atoms with van der Waals surface area (Å²) in [6.07, 6.45) is 5.77. The van der Waals surface area contributed by atoms with E-state index in [0.717, 1.165) is 5.69 Å². The SMILES string of the molecule is O=[N+]([O-])c1cnn(-c2ccncc2)c1. The predicted octanol–water partition coefficient (Wildman–Crippen LogP) is 1.18. The van der Waals surface area contributed by atoms with E-state index in [4.69, 9.17) is 0 Å². The van der Waals surface area contributed by atoms with Crippen LogP contribution in [0.25, 0.3) is 5.69 Å². The number of hydrogen-bond acceptors (Lipinski definition) is 4. The summed E-state index contributed by atoms with van der Waals surface area (Å²) in [6.45, 7) is 0. The van der Waals surface area contributed by atoms with Crippen molar-refractivity contribution >= 4 is 5.69 Å². The molecule has 14 heavy (non-hydrogen) atoms. The molecule has 0 radical (unpaired) electrons. The Morgan fingerprint density at radius 2 is 2.07 bits per heavy atom. The fourth-order valence-electron chi connectivity index (χ4n) is 1.05. The topological polar surface area (TPSA) is 73.8 Å². The maximum Gasteiger partial charge on any atom is 0.307 e. The second-order valence-corrected chi connectivity index (χ2v) is 2.61. The minimum atomic E-state index is -0.481. The normalized spacial score (nSPS) is 10.0. The van der Waals surface area contributed by atoms with Crippen molar-refractivity contribution in [1.82, 2.24) is 14.8 Å². The van der Waals surface area contributed by atoms with E-state index >= 15 is 0 Å². The number of hydrogen-bond donors (Lipinski definition) is 0. The van der Waals surface area contributed by atoms with Crippen LogP contribution in [0.3, 0.4) is 0 Å². The monoisotopic (exact) mass is 190 g/mol. The maximum absolute atomic E-state index is 10.4. The van der Waals surface area contributed by atoms with Gasteiger partial charge in [0.15, 0.2) is 0 Å². The third-order valence-corrected chi connectivity index (χ3v) is 1.71. The van der Waals surface area contributed by atoms with Gasteiger partial charge in [0.1, 0.15) is 12.4 Å². The Morgan fingerprint density at radius 3 is 2.64 bits per heavy atom. The molecular weight excluding hydrogens is 184 g/mol. The van der Waals surface area contributed by atoms with Crippen LogP contribution in [-0.2, 0) is 0 Å². The molecule has 6 nitrogen and oxygen atoms in total. The van der Waals surface area contributed by atoms with Crippen LogP contribution >= 0.6 is 0 Å². The highest BCUT2D eigenvalue weighted by Gasteiger charge is 2.08. The molecule has 2 aromatic rings. The molecule has 0 aliphatic rings. The van der Waals surface area contributed by atoms with E-state index in [0.29, 0.717) is 0 Å². The van der Waals surface area contributed by atoms with Crippen molar-refractivity contribution in [2.24, 2.45) is 0 Å². The van der Waals surface area contributed by atoms with E-state index in [1.165, 1.54) is 17.1 Å². The van der Waals surface area contributed by atoms with Gasteiger partial charge in [-0.05, 0) is 12.1 Å². The summed E-state index contributed by atoms with van der Waals surface area (Å²) < 4.78 is 1.43. The number of nitrogens with zero attached hydrogens (tertiary/aromatic N) is 4. The molecule has 0 aromatic carbocycles. The first-order valence-electron chi connectivity index (χ1n) is 3.87. The molecule has 2 heterocycles. The van der Waals surface area contributed by atoms with E-state index in [2.05, 4.69) is 10.1 Å². The van der Waals surface area contributed by atoms with Gasteiger partial charge < -0.3 is 0 Å². The zero-order valence-electron chi connectivity index (χ0n) is 7.07. The molecule has 0 N–H and O–H groups in total. The van der Waals surface area contributed by atoms with Gasteiger partial charge in [0.05, 0.1) is 10.6 Å². The van der Waals surface area contributed by atoms with Gasteiger partial charge in [-0.25, -0.2) is 4.68 Å². The Morgan fingerprint density at radius 1 is 1.36 bits per heavy atom. The summed E-state index contributed by atoms with van der Waals surface area (Å²) in [4.78, 5) is 13.7. The highest BCUT2D eigenvalue weighted by molar-refractivity contribution is 5.32. The Bertz CT molecular complexity index is 451. The first-order valence-corrected chi connectivity index (χ1v) is 3.87. The van der Waals surface area contributed by atoms with E-state index in [-0.39, 0.29) is 5.69 Å². The molecule has 0 aliphatic carbocycles. The Hall–Kier alpha value is -2.24. The third kappa shape index (κ3) is 1.45. The Labute approximate surface area is 79.0 Å².